The molecule has 36 heavy (non-hydrogen) atoms. The first-order valence-corrected chi connectivity index (χ1v) is 12.2. The van der Waals surface area contributed by atoms with E-state index in [1.165, 1.54) is 0 Å². The van der Waals surface area contributed by atoms with Crippen LogP contribution >= 0.6 is 11.6 Å². The van der Waals surface area contributed by atoms with Gasteiger partial charge >= 0.3 is 0 Å². The van der Waals surface area contributed by atoms with Crippen molar-refractivity contribution in [3.63, 3.8) is 0 Å². The molecule has 0 aromatic carbocycles. The summed E-state index contributed by atoms with van der Waals surface area (Å²) in [6, 6.07) is 9.93. The van der Waals surface area contributed by atoms with E-state index < -0.39 is 6.10 Å². The topological polar surface area (TPSA) is 128 Å². The third-order valence-electron chi connectivity index (χ3n) is 6.10. The summed E-state index contributed by atoms with van der Waals surface area (Å²) >= 11 is 6.40. The van der Waals surface area contributed by atoms with Crippen molar-refractivity contribution in [1.82, 2.24) is 24.5 Å². The molecule has 0 saturated carbocycles. The monoisotopic (exact) mass is 503 g/mol. The molecule has 4 aromatic rings. The van der Waals surface area contributed by atoms with Crippen LogP contribution in [0.5, 0.6) is 0 Å². The van der Waals surface area contributed by atoms with Gasteiger partial charge in [-0.3, -0.25) is 0 Å². The lowest BCUT2D eigenvalue weighted by molar-refractivity contribution is 0.175. The predicted octanol–water partition coefficient (Wildman–Crippen LogP) is 3.95. The Balaban J connectivity index is 1.22. The first-order chi connectivity index (χ1) is 17.5. The number of hydrogen-bond acceptors (Lipinski definition) is 9. The first-order valence-electron chi connectivity index (χ1n) is 11.8. The molecule has 0 bridgehead atoms. The molecule has 0 spiro atoms. The number of nitriles is 1. The third-order valence-corrected chi connectivity index (χ3v) is 6.38. The smallest absolute Gasteiger partial charge is 0.229 e. The standard InChI is InChI=1S/C25H26ClN9O/c1-16(36)15-35-7-4-18-10-20(13-29-24(18)35)32-25-30-14-21(26)23(33-25)31-19-5-8-34(9-6-19)22-3-2-17(11-27)12-28-22/h2-4,7,10,12-14,16,19,36H,5-6,8-9,15H2,1H3,(H2,30,31,32,33). The predicted molar refractivity (Wildman–Crippen MR) is 140 cm³/mol. The largest absolute Gasteiger partial charge is 0.392 e. The van der Waals surface area contributed by atoms with E-state index >= 15 is 0 Å². The summed E-state index contributed by atoms with van der Waals surface area (Å²) in [5.74, 6) is 1.89. The van der Waals surface area contributed by atoms with Gasteiger partial charge in [0.15, 0.2) is 5.82 Å². The van der Waals surface area contributed by atoms with Crippen molar-refractivity contribution in [1.29, 1.82) is 5.26 Å². The maximum atomic E-state index is 9.67. The number of fused-ring (bicyclic) bond motifs is 1. The summed E-state index contributed by atoms with van der Waals surface area (Å²) in [5, 5.41) is 26.7. The van der Waals surface area contributed by atoms with Gasteiger partial charge in [-0.1, -0.05) is 11.6 Å². The maximum absolute atomic E-state index is 9.67. The Morgan fingerprint density at radius 3 is 2.72 bits per heavy atom. The van der Waals surface area contributed by atoms with Crippen LogP contribution in [0.2, 0.25) is 5.02 Å². The lowest BCUT2D eigenvalue weighted by Crippen LogP contribution is -2.39. The number of nitrogens with zero attached hydrogens (tertiary/aromatic N) is 7. The van der Waals surface area contributed by atoms with E-state index in [1.807, 2.05) is 29.0 Å². The van der Waals surface area contributed by atoms with E-state index in [0.29, 0.717) is 28.9 Å². The second kappa shape index (κ2) is 10.4. The Hall–Kier alpha value is -3.94. The summed E-state index contributed by atoms with van der Waals surface area (Å²) < 4.78 is 1.92. The lowest BCUT2D eigenvalue weighted by Gasteiger charge is -2.33. The summed E-state index contributed by atoms with van der Waals surface area (Å²) in [7, 11) is 0. The van der Waals surface area contributed by atoms with Crippen molar-refractivity contribution in [3.05, 3.63) is 59.6 Å². The van der Waals surface area contributed by atoms with Gasteiger partial charge in [-0.2, -0.15) is 10.2 Å². The molecule has 3 N–H and O–H groups in total. The molecule has 1 saturated heterocycles. The zero-order valence-corrected chi connectivity index (χ0v) is 20.5. The summed E-state index contributed by atoms with van der Waals surface area (Å²) in [6.45, 7) is 3.91. The molecule has 5 heterocycles. The molecule has 0 radical (unpaired) electrons. The quantitative estimate of drug-likeness (QED) is 0.343. The van der Waals surface area contributed by atoms with E-state index in [4.69, 9.17) is 16.9 Å². The first kappa shape index (κ1) is 23.8. The number of aliphatic hydroxyl groups is 1. The van der Waals surface area contributed by atoms with Gasteiger partial charge in [0, 0.05) is 43.5 Å². The van der Waals surface area contributed by atoms with Crippen LogP contribution in [0.4, 0.5) is 23.3 Å². The number of anilines is 4. The van der Waals surface area contributed by atoms with Crippen molar-refractivity contribution in [2.75, 3.05) is 28.6 Å². The van der Waals surface area contributed by atoms with Gasteiger partial charge in [0.2, 0.25) is 5.95 Å². The minimum absolute atomic E-state index is 0.214. The van der Waals surface area contributed by atoms with E-state index in [1.54, 1.807) is 31.6 Å². The minimum atomic E-state index is -0.450. The highest BCUT2D eigenvalue weighted by molar-refractivity contribution is 6.32. The number of aliphatic hydroxyl groups excluding tert-OH is 1. The van der Waals surface area contributed by atoms with Crippen LogP contribution in [-0.2, 0) is 6.54 Å². The number of halogens is 1. The van der Waals surface area contributed by atoms with Crippen LogP contribution in [0.3, 0.4) is 0 Å². The summed E-state index contributed by atoms with van der Waals surface area (Å²) in [6.07, 6.45) is 8.17. The van der Waals surface area contributed by atoms with E-state index in [0.717, 1.165) is 48.5 Å². The fourth-order valence-electron chi connectivity index (χ4n) is 4.32. The molecular weight excluding hydrogens is 478 g/mol. The number of aromatic nitrogens is 5. The molecule has 4 aromatic heterocycles. The van der Waals surface area contributed by atoms with Crippen LogP contribution in [0, 0.1) is 11.3 Å². The molecule has 1 atom stereocenters. The molecule has 1 unspecified atom stereocenters. The van der Waals surface area contributed by atoms with Crippen LogP contribution < -0.4 is 15.5 Å². The molecule has 10 nitrogen and oxygen atoms in total. The SMILES string of the molecule is CC(O)Cn1ccc2cc(Nc3ncc(Cl)c(NC4CCN(c5ccc(C#N)cn5)CC4)n3)cnc21. The Labute approximate surface area is 213 Å². The number of hydrogen-bond donors (Lipinski definition) is 3. The van der Waals surface area contributed by atoms with Gasteiger partial charge in [-0.05, 0) is 44.0 Å². The molecular formula is C25H26ClN9O. The molecule has 11 heteroatoms. The van der Waals surface area contributed by atoms with Crippen molar-refractivity contribution in [2.24, 2.45) is 0 Å². The van der Waals surface area contributed by atoms with Crippen molar-refractivity contribution < 1.29 is 5.11 Å². The van der Waals surface area contributed by atoms with Gasteiger partial charge in [0.1, 0.15) is 22.6 Å². The van der Waals surface area contributed by atoms with Crippen LogP contribution in [0.25, 0.3) is 11.0 Å². The number of pyridine rings is 2. The van der Waals surface area contributed by atoms with Crippen LogP contribution in [-0.4, -0.2) is 54.8 Å². The Kier molecular flexibility index (Phi) is 6.84. The Morgan fingerprint density at radius 2 is 2.00 bits per heavy atom. The summed E-state index contributed by atoms with van der Waals surface area (Å²) in [4.78, 5) is 20.1. The minimum Gasteiger partial charge on any atom is -0.392 e. The highest BCUT2D eigenvalue weighted by Crippen LogP contribution is 2.26. The zero-order chi connectivity index (χ0) is 25.1. The Morgan fingerprint density at radius 1 is 1.17 bits per heavy atom. The highest BCUT2D eigenvalue weighted by atomic mass is 35.5. The lowest BCUT2D eigenvalue weighted by atomic mass is 10.0. The maximum Gasteiger partial charge on any atom is 0.229 e. The van der Waals surface area contributed by atoms with Gasteiger partial charge in [-0.25, -0.2) is 15.0 Å². The van der Waals surface area contributed by atoms with E-state index in [9.17, 15) is 5.11 Å². The van der Waals surface area contributed by atoms with Crippen LogP contribution in [0.15, 0.2) is 49.1 Å². The molecule has 184 valence electrons. The van der Waals surface area contributed by atoms with Crippen LogP contribution in [0.1, 0.15) is 25.3 Å². The average molecular weight is 504 g/mol. The molecule has 0 amide bonds. The highest BCUT2D eigenvalue weighted by Gasteiger charge is 2.21. The fourth-order valence-corrected chi connectivity index (χ4v) is 4.47. The molecule has 5 rings (SSSR count). The summed E-state index contributed by atoms with van der Waals surface area (Å²) in [5.41, 5.74) is 2.13. The second-order valence-electron chi connectivity index (χ2n) is 8.89. The van der Waals surface area contributed by atoms with Crippen molar-refractivity contribution >= 4 is 45.9 Å². The van der Waals surface area contributed by atoms with E-state index in [2.05, 4.69) is 41.5 Å². The van der Waals surface area contributed by atoms with Gasteiger partial charge < -0.3 is 25.2 Å². The Bertz CT molecular complexity index is 1390. The number of nitrogens with one attached hydrogen (secondary N) is 2. The van der Waals surface area contributed by atoms with Crippen molar-refractivity contribution in [2.45, 2.75) is 38.5 Å². The normalized spacial score (nSPS) is 15.0. The number of rotatable bonds is 7. The molecule has 1 aliphatic heterocycles. The van der Waals surface area contributed by atoms with Crippen molar-refractivity contribution in [3.8, 4) is 6.07 Å². The van der Waals surface area contributed by atoms with E-state index in [-0.39, 0.29) is 6.04 Å². The van der Waals surface area contributed by atoms with Gasteiger partial charge in [-0.15, -0.1) is 0 Å². The second-order valence-corrected chi connectivity index (χ2v) is 9.30. The molecule has 1 fully saturated rings. The zero-order valence-electron chi connectivity index (χ0n) is 19.8. The molecule has 0 aliphatic carbocycles. The number of piperidine rings is 1. The average Bonchev–Trinajstić information content (AvgIpc) is 3.28. The fraction of sp³-hybridized carbons (Fsp3) is 0.320. The van der Waals surface area contributed by atoms with Gasteiger partial charge in [0.25, 0.3) is 0 Å². The molecule has 1 aliphatic rings. The third kappa shape index (κ3) is 5.32. The van der Waals surface area contributed by atoms with Gasteiger partial charge in [0.05, 0.1) is 29.7 Å².